The van der Waals surface area contributed by atoms with E-state index < -0.39 is 0 Å². The Bertz CT molecular complexity index is 389. The fourth-order valence-electron chi connectivity index (χ4n) is 1.40. The second-order valence-electron chi connectivity index (χ2n) is 4.03. The van der Waals surface area contributed by atoms with E-state index in [1.165, 1.54) is 0 Å². The van der Waals surface area contributed by atoms with Crippen molar-refractivity contribution >= 4 is 29.0 Å². The van der Waals surface area contributed by atoms with Crippen molar-refractivity contribution in [1.82, 2.24) is 0 Å². The first kappa shape index (κ1) is 14.3. The molecule has 0 heterocycles. The van der Waals surface area contributed by atoms with Crippen LogP contribution in [0.4, 0.5) is 0 Å². The molecule has 0 amide bonds. The number of ether oxygens (including phenoxy) is 1. The van der Waals surface area contributed by atoms with Gasteiger partial charge in [0.2, 0.25) is 0 Å². The van der Waals surface area contributed by atoms with Gasteiger partial charge in [-0.3, -0.25) is 4.79 Å². The standard InChI is InChI=1S/C13H16Cl2O2/c1-9(2)17-13-6-5-10(8-11(13)15)12(16)4-3-7-14/h5-6,8-9H,3-4,7H2,1-2H3. The minimum Gasteiger partial charge on any atom is -0.489 e. The Morgan fingerprint density at radius 1 is 1.41 bits per heavy atom. The van der Waals surface area contributed by atoms with Gasteiger partial charge in [0.1, 0.15) is 5.75 Å². The maximum Gasteiger partial charge on any atom is 0.162 e. The molecule has 0 aliphatic rings. The molecule has 0 atom stereocenters. The molecule has 17 heavy (non-hydrogen) atoms. The Morgan fingerprint density at radius 2 is 2.12 bits per heavy atom. The highest BCUT2D eigenvalue weighted by atomic mass is 35.5. The summed E-state index contributed by atoms with van der Waals surface area (Å²) < 4.78 is 5.50. The topological polar surface area (TPSA) is 26.3 Å². The lowest BCUT2D eigenvalue weighted by molar-refractivity contribution is 0.0982. The second kappa shape index (κ2) is 6.87. The number of ketones is 1. The largest absolute Gasteiger partial charge is 0.489 e. The fraction of sp³-hybridized carbons (Fsp3) is 0.462. The molecule has 1 aromatic carbocycles. The lowest BCUT2D eigenvalue weighted by Gasteiger charge is -2.11. The highest BCUT2D eigenvalue weighted by Crippen LogP contribution is 2.27. The first-order chi connectivity index (χ1) is 8.04. The van der Waals surface area contributed by atoms with Crippen LogP contribution in [0.5, 0.6) is 5.75 Å². The van der Waals surface area contributed by atoms with Gasteiger partial charge in [-0.2, -0.15) is 0 Å². The van der Waals surface area contributed by atoms with Gasteiger partial charge in [0.15, 0.2) is 5.78 Å². The quantitative estimate of drug-likeness (QED) is 0.570. The van der Waals surface area contributed by atoms with Crippen LogP contribution in [-0.2, 0) is 0 Å². The predicted octanol–water partition coefficient (Wildman–Crippen LogP) is 4.33. The van der Waals surface area contributed by atoms with Crippen LogP contribution in [-0.4, -0.2) is 17.8 Å². The van der Waals surface area contributed by atoms with E-state index in [9.17, 15) is 4.79 Å². The number of hydrogen-bond acceptors (Lipinski definition) is 2. The number of halogens is 2. The van der Waals surface area contributed by atoms with E-state index in [0.29, 0.717) is 35.1 Å². The zero-order valence-corrected chi connectivity index (χ0v) is 11.5. The Labute approximate surface area is 112 Å². The van der Waals surface area contributed by atoms with Gasteiger partial charge in [-0.05, 0) is 38.5 Å². The molecule has 1 rings (SSSR count). The molecule has 1 aromatic rings. The van der Waals surface area contributed by atoms with Crippen LogP contribution in [0.2, 0.25) is 5.02 Å². The van der Waals surface area contributed by atoms with Crippen LogP contribution >= 0.6 is 23.2 Å². The van der Waals surface area contributed by atoms with Crippen molar-refractivity contribution in [2.75, 3.05) is 5.88 Å². The lowest BCUT2D eigenvalue weighted by atomic mass is 10.1. The number of rotatable bonds is 6. The Balaban J connectivity index is 2.77. The molecule has 0 aromatic heterocycles. The zero-order valence-electron chi connectivity index (χ0n) is 10.0. The first-order valence-corrected chi connectivity index (χ1v) is 6.51. The van der Waals surface area contributed by atoms with Gasteiger partial charge >= 0.3 is 0 Å². The first-order valence-electron chi connectivity index (χ1n) is 5.60. The van der Waals surface area contributed by atoms with Crippen LogP contribution in [0.25, 0.3) is 0 Å². The van der Waals surface area contributed by atoms with Gasteiger partial charge in [0.05, 0.1) is 11.1 Å². The molecule has 0 saturated carbocycles. The predicted molar refractivity (Wildman–Crippen MR) is 71.5 cm³/mol. The van der Waals surface area contributed by atoms with E-state index in [0.717, 1.165) is 0 Å². The van der Waals surface area contributed by atoms with Crippen molar-refractivity contribution < 1.29 is 9.53 Å². The van der Waals surface area contributed by atoms with E-state index in [1.807, 2.05) is 13.8 Å². The van der Waals surface area contributed by atoms with E-state index >= 15 is 0 Å². The minimum atomic E-state index is 0.0589. The molecule has 94 valence electrons. The summed E-state index contributed by atoms with van der Waals surface area (Å²) in [6.07, 6.45) is 1.19. The van der Waals surface area contributed by atoms with E-state index in [2.05, 4.69) is 0 Å². The van der Waals surface area contributed by atoms with Crippen LogP contribution in [0.3, 0.4) is 0 Å². The van der Waals surface area contributed by atoms with Crippen molar-refractivity contribution in [3.05, 3.63) is 28.8 Å². The van der Waals surface area contributed by atoms with Crippen molar-refractivity contribution in [3.63, 3.8) is 0 Å². The van der Waals surface area contributed by atoms with E-state index in [4.69, 9.17) is 27.9 Å². The van der Waals surface area contributed by atoms with E-state index in [1.54, 1.807) is 18.2 Å². The molecule has 2 nitrogen and oxygen atoms in total. The second-order valence-corrected chi connectivity index (χ2v) is 4.81. The Kier molecular flexibility index (Phi) is 5.79. The summed E-state index contributed by atoms with van der Waals surface area (Å²) in [5, 5.41) is 0.468. The summed E-state index contributed by atoms with van der Waals surface area (Å²) in [5.41, 5.74) is 0.608. The molecule has 0 radical (unpaired) electrons. The molecule has 0 saturated heterocycles. The summed E-state index contributed by atoms with van der Waals surface area (Å²) in [7, 11) is 0. The number of alkyl halides is 1. The van der Waals surface area contributed by atoms with Gasteiger partial charge in [0.25, 0.3) is 0 Å². The molecule has 4 heteroatoms. The summed E-state index contributed by atoms with van der Waals surface area (Å²) >= 11 is 11.6. The molecule has 0 bridgehead atoms. The average Bonchev–Trinajstić information content (AvgIpc) is 2.28. The number of carbonyl (C=O) groups excluding carboxylic acids is 1. The third-order valence-corrected chi connectivity index (χ3v) is 2.72. The number of Topliss-reactive ketones (excluding diaryl/α,β-unsaturated/α-hetero) is 1. The molecule has 0 unspecified atom stereocenters. The lowest BCUT2D eigenvalue weighted by Crippen LogP contribution is -2.06. The molecule has 0 aliphatic heterocycles. The summed E-state index contributed by atoms with van der Waals surface area (Å²) in [6.45, 7) is 3.85. The van der Waals surface area contributed by atoms with Gasteiger partial charge in [-0.1, -0.05) is 11.6 Å². The zero-order chi connectivity index (χ0) is 12.8. The van der Waals surface area contributed by atoms with Crippen molar-refractivity contribution in [1.29, 1.82) is 0 Å². The highest BCUT2D eigenvalue weighted by Gasteiger charge is 2.10. The Hall–Kier alpha value is -0.730. The summed E-state index contributed by atoms with van der Waals surface area (Å²) in [4.78, 5) is 11.7. The maximum absolute atomic E-state index is 11.7. The normalized spacial score (nSPS) is 10.6. The number of hydrogen-bond donors (Lipinski definition) is 0. The van der Waals surface area contributed by atoms with Crippen molar-refractivity contribution in [2.24, 2.45) is 0 Å². The average molecular weight is 275 g/mol. The van der Waals surface area contributed by atoms with Gasteiger partial charge in [-0.15, -0.1) is 11.6 Å². The number of carbonyl (C=O) groups is 1. The van der Waals surface area contributed by atoms with Gasteiger partial charge in [-0.25, -0.2) is 0 Å². The highest BCUT2D eigenvalue weighted by molar-refractivity contribution is 6.32. The smallest absolute Gasteiger partial charge is 0.162 e. The molecular formula is C13H16Cl2O2. The Morgan fingerprint density at radius 3 is 2.65 bits per heavy atom. The molecule has 0 aliphatic carbocycles. The molecular weight excluding hydrogens is 259 g/mol. The van der Waals surface area contributed by atoms with E-state index in [-0.39, 0.29) is 11.9 Å². The van der Waals surface area contributed by atoms with Crippen LogP contribution < -0.4 is 4.74 Å². The fourth-order valence-corrected chi connectivity index (χ4v) is 1.75. The van der Waals surface area contributed by atoms with Crippen molar-refractivity contribution in [3.8, 4) is 5.75 Å². The molecule has 0 spiro atoms. The van der Waals surface area contributed by atoms with Crippen molar-refractivity contribution in [2.45, 2.75) is 32.8 Å². The van der Waals surface area contributed by atoms with Crippen LogP contribution in [0.15, 0.2) is 18.2 Å². The van der Waals surface area contributed by atoms with Gasteiger partial charge < -0.3 is 4.74 Å². The third kappa shape index (κ3) is 4.57. The number of benzene rings is 1. The third-order valence-electron chi connectivity index (χ3n) is 2.15. The minimum absolute atomic E-state index is 0.0589. The summed E-state index contributed by atoms with van der Waals surface area (Å²) in [6, 6.07) is 5.12. The van der Waals surface area contributed by atoms with Crippen LogP contribution in [0.1, 0.15) is 37.0 Å². The molecule has 0 fully saturated rings. The SMILES string of the molecule is CC(C)Oc1ccc(C(=O)CCCCl)cc1Cl. The molecule has 0 N–H and O–H groups in total. The summed E-state index contributed by atoms with van der Waals surface area (Å²) in [5.74, 6) is 1.16. The monoisotopic (exact) mass is 274 g/mol. The van der Waals surface area contributed by atoms with Gasteiger partial charge in [0, 0.05) is 17.9 Å². The van der Waals surface area contributed by atoms with Crippen LogP contribution in [0, 0.1) is 0 Å². The maximum atomic E-state index is 11.7.